The van der Waals surface area contributed by atoms with E-state index in [0.29, 0.717) is 5.75 Å². The molecule has 0 saturated heterocycles. The highest BCUT2D eigenvalue weighted by Crippen LogP contribution is 2.40. The third-order valence-corrected chi connectivity index (χ3v) is 4.09. The lowest BCUT2D eigenvalue weighted by molar-refractivity contribution is 0.437. The van der Waals surface area contributed by atoms with Crippen LogP contribution in [0.5, 0.6) is 11.5 Å². The predicted molar refractivity (Wildman–Crippen MR) is 89.1 cm³/mol. The molecule has 1 aliphatic rings. The molecule has 3 heteroatoms. The van der Waals surface area contributed by atoms with E-state index >= 15 is 0 Å². The van der Waals surface area contributed by atoms with Crippen LogP contribution in [0.1, 0.15) is 23.1 Å². The largest absolute Gasteiger partial charge is 0.508 e. The van der Waals surface area contributed by atoms with Crippen LogP contribution in [0.4, 0.5) is 0 Å². The first-order valence-electron chi connectivity index (χ1n) is 7.53. The molecule has 22 heavy (non-hydrogen) atoms. The van der Waals surface area contributed by atoms with E-state index in [4.69, 9.17) is 0 Å². The van der Waals surface area contributed by atoms with Crippen LogP contribution < -0.4 is 0 Å². The molecule has 2 N–H and O–H groups in total. The van der Waals surface area contributed by atoms with Gasteiger partial charge in [-0.3, -0.25) is 0 Å². The summed E-state index contributed by atoms with van der Waals surface area (Å²) in [7, 11) is 4.12. The Kier molecular flexibility index (Phi) is 3.90. The molecule has 0 amide bonds. The van der Waals surface area contributed by atoms with Crippen molar-refractivity contribution in [1.82, 2.24) is 4.90 Å². The zero-order chi connectivity index (χ0) is 15.7. The molecule has 0 fully saturated rings. The smallest absolute Gasteiger partial charge is 0.119 e. The fraction of sp³-hybridized carbons (Fsp3) is 0.263. The lowest BCUT2D eigenvalue weighted by Crippen LogP contribution is -2.19. The minimum atomic E-state index is 0.265. The predicted octanol–water partition coefficient (Wildman–Crippen LogP) is 3.41. The van der Waals surface area contributed by atoms with Gasteiger partial charge in [0.1, 0.15) is 11.5 Å². The number of phenolic OH excluding ortho intramolecular Hbond substituents is 2. The summed E-state index contributed by atoms with van der Waals surface area (Å²) in [6.45, 7) is 0.875. The molecule has 0 unspecified atom stereocenters. The first kappa shape index (κ1) is 14.7. The molecule has 1 aliphatic carbocycles. The van der Waals surface area contributed by atoms with Gasteiger partial charge >= 0.3 is 0 Å². The second-order valence-corrected chi connectivity index (χ2v) is 6.07. The molecule has 2 aromatic rings. The maximum atomic E-state index is 10.2. The Hall–Kier alpha value is -2.26. The van der Waals surface area contributed by atoms with E-state index in [1.807, 2.05) is 18.2 Å². The Morgan fingerprint density at radius 2 is 1.77 bits per heavy atom. The molecule has 0 atom stereocenters. The van der Waals surface area contributed by atoms with E-state index in [-0.39, 0.29) is 5.75 Å². The highest BCUT2D eigenvalue weighted by molar-refractivity contribution is 5.86. The SMILES string of the molecule is CN(C)CC1=C(c2cccc(O)c2)c2cccc(O)c2CC1. The minimum Gasteiger partial charge on any atom is -0.508 e. The van der Waals surface area contributed by atoms with Crippen LogP contribution in [0, 0.1) is 0 Å². The van der Waals surface area contributed by atoms with Crippen LogP contribution in [0.15, 0.2) is 48.0 Å². The monoisotopic (exact) mass is 295 g/mol. The summed E-state index contributed by atoms with van der Waals surface area (Å²) < 4.78 is 0. The summed E-state index contributed by atoms with van der Waals surface area (Å²) in [6.07, 6.45) is 1.78. The van der Waals surface area contributed by atoms with Gasteiger partial charge in [-0.05, 0) is 67.4 Å². The van der Waals surface area contributed by atoms with Gasteiger partial charge in [0.2, 0.25) is 0 Å². The zero-order valence-electron chi connectivity index (χ0n) is 13.0. The van der Waals surface area contributed by atoms with Gasteiger partial charge in [-0.1, -0.05) is 24.3 Å². The fourth-order valence-corrected chi connectivity index (χ4v) is 3.22. The average molecular weight is 295 g/mol. The number of likely N-dealkylation sites (N-methyl/N-ethyl adjacent to an activating group) is 1. The molecular formula is C19H21NO2. The van der Waals surface area contributed by atoms with E-state index in [2.05, 4.69) is 25.1 Å². The molecule has 0 spiro atoms. The van der Waals surface area contributed by atoms with Gasteiger partial charge in [-0.2, -0.15) is 0 Å². The number of nitrogens with zero attached hydrogens (tertiary/aromatic N) is 1. The Bertz CT molecular complexity index is 732. The van der Waals surface area contributed by atoms with Crippen LogP contribution in [0.25, 0.3) is 5.57 Å². The Morgan fingerprint density at radius 3 is 2.50 bits per heavy atom. The number of aromatic hydroxyl groups is 2. The number of hydrogen-bond acceptors (Lipinski definition) is 3. The zero-order valence-corrected chi connectivity index (χ0v) is 13.0. The first-order valence-corrected chi connectivity index (χ1v) is 7.53. The first-order chi connectivity index (χ1) is 10.6. The van der Waals surface area contributed by atoms with Crippen LogP contribution in [0.3, 0.4) is 0 Å². The van der Waals surface area contributed by atoms with Crippen LogP contribution in [-0.2, 0) is 6.42 Å². The lowest BCUT2D eigenvalue weighted by Gasteiger charge is -2.26. The summed E-state index contributed by atoms with van der Waals surface area (Å²) >= 11 is 0. The fourth-order valence-electron chi connectivity index (χ4n) is 3.22. The Morgan fingerprint density at radius 1 is 1.00 bits per heavy atom. The van der Waals surface area contributed by atoms with Crippen molar-refractivity contribution in [2.75, 3.05) is 20.6 Å². The molecule has 114 valence electrons. The second-order valence-electron chi connectivity index (χ2n) is 6.07. The standard InChI is InChI=1S/C19H21NO2/c1-20(2)12-14-9-10-16-17(7-4-8-18(16)22)19(14)13-5-3-6-15(21)11-13/h3-8,11,21-22H,9-10,12H2,1-2H3. The van der Waals surface area contributed by atoms with Crippen molar-refractivity contribution in [3.8, 4) is 11.5 Å². The van der Waals surface area contributed by atoms with E-state index in [9.17, 15) is 10.2 Å². The summed E-state index contributed by atoms with van der Waals surface area (Å²) in [5.41, 5.74) is 5.57. The van der Waals surface area contributed by atoms with Crippen molar-refractivity contribution in [2.24, 2.45) is 0 Å². The number of phenols is 2. The third-order valence-electron chi connectivity index (χ3n) is 4.09. The molecule has 0 bridgehead atoms. The van der Waals surface area contributed by atoms with Gasteiger partial charge in [0.25, 0.3) is 0 Å². The second kappa shape index (κ2) is 5.85. The molecule has 3 nitrogen and oxygen atoms in total. The maximum Gasteiger partial charge on any atom is 0.119 e. The van der Waals surface area contributed by atoms with E-state index < -0.39 is 0 Å². The summed E-state index contributed by atoms with van der Waals surface area (Å²) in [5, 5.41) is 20.0. The third kappa shape index (κ3) is 2.72. The van der Waals surface area contributed by atoms with Gasteiger partial charge in [-0.15, -0.1) is 0 Å². The lowest BCUT2D eigenvalue weighted by atomic mass is 9.81. The van der Waals surface area contributed by atoms with E-state index in [0.717, 1.165) is 41.6 Å². The van der Waals surface area contributed by atoms with Crippen LogP contribution >= 0.6 is 0 Å². The van der Waals surface area contributed by atoms with E-state index in [1.54, 1.807) is 18.2 Å². The number of hydrogen-bond donors (Lipinski definition) is 2. The van der Waals surface area contributed by atoms with Gasteiger partial charge in [0, 0.05) is 12.1 Å². The molecular weight excluding hydrogens is 274 g/mol. The normalized spacial score (nSPS) is 14.3. The number of benzene rings is 2. The summed E-state index contributed by atoms with van der Waals surface area (Å²) in [6, 6.07) is 13.0. The summed E-state index contributed by atoms with van der Waals surface area (Å²) in [5.74, 6) is 0.625. The number of rotatable bonds is 3. The quantitative estimate of drug-likeness (QED) is 0.912. The van der Waals surface area contributed by atoms with Crippen LogP contribution in [-0.4, -0.2) is 35.8 Å². The molecule has 0 saturated carbocycles. The average Bonchev–Trinajstić information content (AvgIpc) is 2.46. The van der Waals surface area contributed by atoms with Gasteiger partial charge in [0.15, 0.2) is 0 Å². The Labute approximate surface area is 131 Å². The van der Waals surface area contributed by atoms with Crippen LogP contribution in [0.2, 0.25) is 0 Å². The van der Waals surface area contributed by atoms with Crippen molar-refractivity contribution in [3.05, 3.63) is 64.7 Å². The Balaban J connectivity index is 2.22. The molecule has 0 aromatic heterocycles. The summed E-state index contributed by atoms with van der Waals surface area (Å²) in [4.78, 5) is 2.16. The van der Waals surface area contributed by atoms with Gasteiger partial charge < -0.3 is 15.1 Å². The molecule has 0 heterocycles. The number of fused-ring (bicyclic) bond motifs is 1. The topological polar surface area (TPSA) is 43.7 Å². The molecule has 0 radical (unpaired) electrons. The molecule has 2 aromatic carbocycles. The maximum absolute atomic E-state index is 10.2. The molecule has 0 aliphatic heterocycles. The van der Waals surface area contributed by atoms with E-state index in [1.165, 1.54) is 5.57 Å². The highest BCUT2D eigenvalue weighted by atomic mass is 16.3. The van der Waals surface area contributed by atoms with Crippen molar-refractivity contribution < 1.29 is 10.2 Å². The van der Waals surface area contributed by atoms with Crippen molar-refractivity contribution in [2.45, 2.75) is 12.8 Å². The van der Waals surface area contributed by atoms with Crippen molar-refractivity contribution in [3.63, 3.8) is 0 Å². The molecule has 3 rings (SSSR count). The van der Waals surface area contributed by atoms with Gasteiger partial charge in [-0.25, -0.2) is 0 Å². The van der Waals surface area contributed by atoms with Crippen molar-refractivity contribution >= 4 is 5.57 Å². The highest BCUT2D eigenvalue weighted by Gasteiger charge is 2.22. The minimum absolute atomic E-state index is 0.265. The van der Waals surface area contributed by atoms with Gasteiger partial charge in [0.05, 0.1) is 0 Å². The van der Waals surface area contributed by atoms with Crippen molar-refractivity contribution in [1.29, 1.82) is 0 Å².